The molecule has 1 heterocycles. The predicted molar refractivity (Wildman–Crippen MR) is 71.2 cm³/mol. The minimum Gasteiger partial charge on any atom is -0.265 e. The molecule has 90 valence electrons. The van der Waals surface area contributed by atoms with Crippen LogP contribution in [0.2, 0.25) is 0 Å². The molecule has 2 rings (SSSR count). The molecule has 0 bridgehead atoms. The number of hydrogen-bond donors (Lipinski definition) is 0. The molecule has 16 heavy (non-hydrogen) atoms. The van der Waals surface area contributed by atoms with Crippen molar-refractivity contribution in [2.75, 3.05) is 0 Å². The van der Waals surface area contributed by atoms with Gasteiger partial charge in [0.1, 0.15) is 0 Å². The molecular weight excluding hydrogens is 288 g/mol. The van der Waals surface area contributed by atoms with Crippen molar-refractivity contribution in [1.82, 2.24) is 9.78 Å². The third kappa shape index (κ3) is 2.04. The van der Waals surface area contributed by atoms with Gasteiger partial charge in [0.25, 0.3) is 0 Å². The lowest BCUT2D eigenvalue weighted by atomic mass is 9.85. The van der Waals surface area contributed by atoms with Crippen LogP contribution in [0.1, 0.15) is 51.8 Å². The molecule has 0 aromatic carbocycles. The van der Waals surface area contributed by atoms with Crippen LogP contribution in [-0.2, 0) is 5.41 Å². The van der Waals surface area contributed by atoms with Crippen LogP contribution in [-0.4, -0.2) is 15.2 Å². The standard InChI is InChI=1S/C12H18BrClN2/c1-8(2)16-11(10(13)7-15-16)12(3)5-4-9(14)6-12/h7-9H,4-6H2,1-3H3. The van der Waals surface area contributed by atoms with Gasteiger partial charge in [0.05, 0.1) is 16.4 Å². The molecule has 2 atom stereocenters. The van der Waals surface area contributed by atoms with E-state index >= 15 is 0 Å². The highest BCUT2D eigenvalue weighted by Gasteiger charge is 2.39. The van der Waals surface area contributed by atoms with E-state index in [2.05, 4.69) is 46.5 Å². The number of hydrogen-bond acceptors (Lipinski definition) is 1. The average Bonchev–Trinajstić information content (AvgIpc) is 2.71. The van der Waals surface area contributed by atoms with Crippen molar-refractivity contribution in [1.29, 1.82) is 0 Å². The Hall–Kier alpha value is -0.0200. The Morgan fingerprint density at radius 2 is 2.31 bits per heavy atom. The van der Waals surface area contributed by atoms with Gasteiger partial charge in [0.2, 0.25) is 0 Å². The first-order chi connectivity index (χ1) is 7.44. The maximum absolute atomic E-state index is 6.25. The van der Waals surface area contributed by atoms with Gasteiger partial charge in [-0.25, -0.2) is 0 Å². The van der Waals surface area contributed by atoms with Crippen LogP contribution in [0.25, 0.3) is 0 Å². The topological polar surface area (TPSA) is 17.8 Å². The van der Waals surface area contributed by atoms with Crippen LogP contribution in [0.15, 0.2) is 10.7 Å². The molecule has 1 aromatic rings. The molecule has 0 radical (unpaired) electrons. The molecular formula is C12H18BrClN2. The van der Waals surface area contributed by atoms with Crippen molar-refractivity contribution < 1.29 is 0 Å². The van der Waals surface area contributed by atoms with E-state index in [0.717, 1.165) is 23.7 Å². The van der Waals surface area contributed by atoms with Crippen LogP contribution in [0, 0.1) is 0 Å². The lowest BCUT2D eigenvalue weighted by molar-refractivity contribution is 0.404. The summed E-state index contributed by atoms with van der Waals surface area (Å²) in [5.74, 6) is 0. The summed E-state index contributed by atoms with van der Waals surface area (Å²) in [6.45, 7) is 6.63. The van der Waals surface area contributed by atoms with E-state index in [4.69, 9.17) is 11.6 Å². The van der Waals surface area contributed by atoms with Crippen LogP contribution in [0.5, 0.6) is 0 Å². The van der Waals surface area contributed by atoms with Gasteiger partial charge in [-0.1, -0.05) is 6.92 Å². The number of rotatable bonds is 2. The third-order valence-electron chi connectivity index (χ3n) is 3.49. The van der Waals surface area contributed by atoms with Crippen molar-refractivity contribution in [2.45, 2.75) is 56.9 Å². The first kappa shape index (κ1) is 12.4. The first-order valence-electron chi connectivity index (χ1n) is 5.81. The van der Waals surface area contributed by atoms with Crippen molar-refractivity contribution in [3.8, 4) is 0 Å². The molecule has 1 aliphatic carbocycles. The molecule has 0 saturated heterocycles. The second-order valence-corrected chi connectivity index (χ2v) is 6.75. The predicted octanol–water partition coefficient (Wildman–Crippen LogP) is 4.28. The highest BCUT2D eigenvalue weighted by molar-refractivity contribution is 9.10. The number of alkyl halides is 1. The molecule has 2 nitrogen and oxygen atoms in total. The molecule has 0 amide bonds. The van der Waals surface area contributed by atoms with Crippen LogP contribution in [0.4, 0.5) is 0 Å². The Kier molecular flexibility index (Phi) is 3.37. The second-order valence-electron chi connectivity index (χ2n) is 5.28. The van der Waals surface area contributed by atoms with Crippen LogP contribution < -0.4 is 0 Å². The van der Waals surface area contributed by atoms with Gasteiger partial charge in [0.15, 0.2) is 0 Å². The van der Waals surface area contributed by atoms with Crippen LogP contribution in [0.3, 0.4) is 0 Å². The fourth-order valence-corrected chi connectivity index (χ4v) is 3.88. The molecule has 0 N–H and O–H groups in total. The summed E-state index contributed by atoms with van der Waals surface area (Å²) in [7, 11) is 0. The van der Waals surface area contributed by atoms with Crippen LogP contribution >= 0.6 is 27.5 Å². The molecule has 1 fully saturated rings. The average molecular weight is 306 g/mol. The van der Waals surface area contributed by atoms with E-state index in [9.17, 15) is 0 Å². The summed E-state index contributed by atoms with van der Waals surface area (Å²) >= 11 is 9.88. The smallest absolute Gasteiger partial charge is 0.0635 e. The number of halogens is 2. The fraction of sp³-hybridized carbons (Fsp3) is 0.750. The van der Waals surface area contributed by atoms with Crippen molar-refractivity contribution in [3.05, 3.63) is 16.4 Å². The zero-order chi connectivity index (χ0) is 11.9. The number of nitrogens with zero attached hydrogens (tertiary/aromatic N) is 2. The molecule has 4 heteroatoms. The first-order valence-corrected chi connectivity index (χ1v) is 7.04. The fourth-order valence-electron chi connectivity index (χ4n) is 2.68. The van der Waals surface area contributed by atoms with Gasteiger partial charge < -0.3 is 0 Å². The molecule has 0 spiro atoms. The zero-order valence-electron chi connectivity index (χ0n) is 10.0. The van der Waals surface area contributed by atoms with E-state index in [0.29, 0.717) is 11.4 Å². The maximum atomic E-state index is 6.25. The quantitative estimate of drug-likeness (QED) is 0.746. The van der Waals surface area contributed by atoms with Gasteiger partial charge in [0, 0.05) is 16.8 Å². The van der Waals surface area contributed by atoms with E-state index in [1.54, 1.807) is 0 Å². The second kappa shape index (κ2) is 4.34. The lowest BCUT2D eigenvalue weighted by Gasteiger charge is -2.27. The Balaban J connectivity index is 2.43. The van der Waals surface area contributed by atoms with Crippen molar-refractivity contribution >= 4 is 27.5 Å². The Morgan fingerprint density at radius 3 is 2.81 bits per heavy atom. The van der Waals surface area contributed by atoms with Gasteiger partial charge in [-0.05, 0) is 49.0 Å². The highest BCUT2D eigenvalue weighted by Crippen LogP contribution is 2.45. The minimum absolute atomic E-state index is 0.173. The molecule has 2 unspecified atom stereocenters. The maximum Gasteiger partial charge on any atom is 0.0635 e. The summed E-state index contributed by atoms with van der Waals surface area (Å²) in [6.07, 6.45) is 5.21. The summed E-state index contributed by atoms with van der Waals surface area (Å²) < 4.78 is 3.24. The summed E-state index contributed by atoms with van der Waals surface area (Å²) in [5, 5.41) is 4.77. The summed E-state index contributed by atoms with van der Waals surface area (Å²) in [6, 6.07) is 0.396. The van der Waals surface area contributed by atoms with E-state index < -0.39 is 0 Å². The molecule has 1 saturated carbocycles. The van der Waals surface area contributed by atoms with E-state index in [1.165, 1.54) is 5.69 Å². The van der Waals surface area contributed by atoms with Gasteiger partial charge >= 0.3 is 0 Å². The Morgan fingerprint density at radius 1 is 1.62 bits per heavy atom. The van der Waals surface area contributed by atoms with Crippen molar-refractivity contribution in [2.24, 2.45) is 0 Å². The van der Waals surface area contributed by atoms with Gasteiger partial charge in [-0.15, -0.1) is 11.6 Å². The summed E-state index contributed by atoms with van der Waals surface area (Å²) in [4.78, 5) is 0. The zero-order valence-corrected chi connectivity index (χ0v) is 12.3. The van der Waals surface area contributed by atoms with Gasteiger partial charge in [-0.3, -0.25) is 4.68 Å². The largest absolute Gasteiger partial charge is 0.265 e. The molecule has 0 aliphatic heterocycles. The van der Waals surface area contributed by atoms with Crippen molar-refractivity contribution in [3.63, 3.8) is 0 Å². The van der Waals surface area contributed by atoms with Gasteiger partial charge in [-0.2, -0.15) is 5.10 Å². The lowest BCUT2D eigenvalue weighted by Crippen LogP contribution is -2.24. The third-order valence-corrected chi connectivity index (χ3v) is 4.45. The Labute approximate surface area is 110 Å². The molecule has 1 aromatic heterocycles. The Bertz CT molecular complexity index is 388. The normalized spacial score (nSPS) is 30.2. The molecule has 1 aliphatic rings. The monoisotopic (exact) mass is 304 g/mol. The van der Waals surface area contributed by atoms with E-state index in [1.807, 2.05) is 6.20 Å². The SMILES string of the molecule is CC(C)n1ncc(Br)c1C1(C)CCC(Cl)C1. The number of aromatic nitrogens is 2. The highest BCUT2D eigenvalue weighted by atomic mass is 79.9. The van der Waals surface area contributed by atoms with E-state index in [-0.39, 0.29) is 5.41 Å². The summed E-state index contributed by atoms with van der Waals surface area (Å²) in [5.41, 5.74) is 1.48. The minimum atomic E-state index is 0.173.